The number of para-hydroxylation sites is 2. The highest BCUT2D eigenvalue weighted by molar-refractivity contribution is 6.98. The number of nitrogens with zero attached hydrogens (tertiary/aromatic N) is 1. The van der Waals surface area contributed by atoms with Gasteiger partial charge in [0.25, 0.3) is 6.71 Å². The van der Waals surface area contributed by atoms with Crippen LogP contribution < -0.4 is 25.9 Å². The van der Waals surface area contributed by atoms with Gasteiger partial charge in [-0.15, -0.1) is 0 Å². The van der Waals surface area contributed by atoms with Crippen molar-refractivity contribution in [3.63, 3.8) is 0 Å². The van der Waals surface area contributed by atoms with Crippen LogP contribution in [0.25, 0.3) is 11.3 Å². The molecule has 2 aliphatic rings. The first-order chi connectivity index (χ1) is 16.6. The molecule has 0 saturated carbocycles. The summed E-state index contributed by atoms with van der Waals surface area (Å²) in [6.45, 7) is 3.81. The van der Waals surface area contributed by atoms with Crippen molar-refractivity contribution in [2.75, 3.05) is 0 Å². The van der Waals surface area contributed by atoms with Crippen LogP contribution in [0.15, 0.2) is 72.9 Å². The van der Waals surface area contributed by atoms with Crippen LogP contribution in [0.4, 0.5) is 0 Å². The molecular formula is C28H24BNO2. The number of hydrogen-bond acceptors (Lipinski definition) is 3. The Morgan fingerprint density at radius 2 is 1.56 bits per heavy atom. The van der Waals surface area contributed by atoms with Crippen molar-refractivity contribution in [3.05, 3.63) is 84.1 Å². The Balaban J connectivity index is 1.58. The molecule has 2 aliphatic heterocycles. The Morgan fingerprint density at radius 1 is 0.844 bits per heavy atom. The van der Waals surface area contributed by atoms with Crippen LogP contribution >= 0.6 is 0 Å². The van der Waals surface area contributed by atoms with Gasteiger partial charge in [0, 0.05) is 21.3 Å². The quantitative estimate of drug-likeness (QED) is 0.348. The maximum atomic E-state index is 8.01. The van der Waals surface area contributed by atoms with Crippen molar-refractivity contribution in [2.24, 2.45) is 0 Å². The van der Waals surface area contributed by atoms with Crippen LogP contribution in [0.3, 0.4) is 0 Å². The highest BCUT2D eigenvalue weighted by Crippen LogP contribution is 2.39. The molecule has 0 aliphatic carbocycles. The standard InChI is InChI=1S/C28H24BNO2/c1-17-16-30-22(15-19(17)28(2,3)4)18-9-7-11-21-27(18)32-25-14-8-13-24-26(25)29(21)20-10-5-6-12-23(20)31-24/h5-16H,1-4H3/i1D3. The maximum Gasteiger partial charge on any atom is 0.260 e. The monoisotopic (exact) mass is 420 g/mol. The van der Waals surface area contributed by atoms with E-state index >= 15 is 0 Å². The van der Waals surface area contributed by atoms with Crippen molar-refractivity contribution >= 4 is 23.1 Å². The van der Waals surface area contributed by atoms with E-state index in [4.69, 9.17) is 13.6 Å². The molecule has 0 fully saturated rings. The average molecular weight is 420 g/mol. The summed E-state index contributed by atoms with van der Waals surface area (Å²) in [7, 11) is 0. The molecule has 4 heteroatoms. The van der Waals surface area contributed by atoms with E-state index in [-0.39, 0.29) is 17.7 Å². The molecule has 3 heterocycles. The van der Waals surface area contributed by atoms with Crippen molar-refractivity contribution in [2.45, 2.75) is 33.0 Å². The summed E-state index contributed by atoms with van der Waals surface area (Å²) < 4.78 is 36.7. The lowest BCUT2D eigenvalue weighted by molar-refractivity contribution is 0.465. The van der Waals surface area contributed by atoms with Gasteiger partial charge in [0.15, 0.2) is 0 Å². The summed E-state index contributed by atoms with van der Waals surface area (Å²) in [6.07, 6.45) is 1.50. The van der Waals surface area contributed by atoms with Crippen molar-refractivity contribution in [1.82, 2.24) is 4.98 Å². The lowest BCUT2D eigenvalue weighted by Crippen LogP contribution is -2.57. The summed E-state index contributed by atoms with van der Waals surface area (Å²) in [5.41, 5.74) is 5.37. The molecule has 1 aromatic heterocycles. The van der Waals surface area contributed by atoms with E-state index < -0.39 is 6.85 Å². The van der Waals surface area contributed by atoms with Crippen LogP contribution in [0.2, 0.25) is 0 Å². The first-order valence-electron chi connectivity index (χ1n) is 12.3. The van der Waals surface area contributed by atoms with E-state index in [9.17, 15) is 0 Å². The molecule has 6 rings (SSSR count). The second-order valence-corrected chi connectivity index (χ2v) is 9.43. The Hall–Kier alpha value is -3.53. The number of pyridine rings is 1. The predicted molar refractivity (Wildman–Crippen MR) is 131 cm³/mol. The predicted octanol–water partition coefficient (Wildman–Crippen LogP) is 5.08. The van der Waals surface area contributed by atoms with Crippen LogP contribution in [0.5, 0.6) is 23.0 Å². The smallest absolute Gasteiger partial charge is 0.260 e. The van der Waals surface area contributed by atoms with Gasteiger partial charge in [-0.2, -0.15) is 0 Å². The minimum atomic E-state index is -2.23. The zero-order chi connectivity index (χ0) is 24.5. The largest absolute Gasteiger partial charge is 0.458 e. The van der Waals surface area contributed by atoms with Crippen molar-refractivity contribution < 1.29 is 13.6 Å². The van der Waals surface area contributed by atoms with Crippen LogP contribution in [0.1, 0.15) is 36.0 Å². The molecule has 0 atom stereocenters. The van der Waals surface area contributed by atoms with Gasteiger partial charge in [0.1, 0.15) is 23.0 Å². The molecule has 3 aromatic carbocycles. The average Bonchev–Trinajstić information content (AvgIpc) is 2.82. The number of aromatic nitrogens is 1. The third-order valence-corrected chi connectivity index (χ3v) is 6.32. The molecular weight excluding hydrogens is 393 g/mol. The fourth-order valence-electron chi connectivity index (χ4n) is 4.83. The molecule has 32 heavy (non-hydrogen) atoms. The third kappa shape index (κ3) is 2.79. The van der Waals surface area contributed by atoms with Crippen molar-refractivity contribution in [3.8, 4) is 34.3 Å². The van der Waals surface area contributed by atoms with Gasteiger partial charge in [-0.3, -0.25) is 4.98 Å². The van der Waals surface area contributed by atoms with Crippen molar-refractivity contribution in [1.29, 1.82) is 0 Å². The Morgan fingerprint density at radius 3 is 2.38 bits per heavy atom. The summed E-state index contributed by atoms with van der Waals surface area (Å²) in [5.74, 6) is 3.15. The van der Waals surface area contributed by atoms with E-state index in [0.717, 1.165) is 50.5 Å². The number of rotatable bonds is 1. The molecule has 0 saturated heterocycles. The van der Waals surface area contributed by atoms with Gasteiger partial charge in [-0.1, -0.05) is 57.2 Å². The molecule has 0 unspecified atom stereocenters. The number of hydrogen-bond donors (Lipinski definition) is 0. The normalized spacial score (nSPS) is 15.2. The summed E-state index contributed by atoms with van der Waals surface area (Å²) >= 11 is 0. The molecule has 0 radical (unpaired) electrons. The zero-order valence-electron chi connectivity index (χ0n) is 21.3. The highest BCUT2D eigenvalue weighted by Gasteiger charge is 2.40. The molecule has 0 N–H and O–H groups in total. The van der Waals surface area contributed by atoms with Crippen LogP contribution in [-0.4, -0.2) is 11.7 Å². The molecule has 3 nitrogen and oxygen atoms in total. The van der Waals surface area contributed by atoms with Gasteiger partial charge in [0.05, 0.1) is 5.69 Å². The van der Waals surface area contributed by atoms with Crippen LogP contribution in [0, 0.1) is 6.85 Å². The minimum absolute atomic E-state index is 0.0291. The fourth-order valence-corrected chi connectivity index (χ4v) is 4.83. The Bertz CT molecular complexity index is 1490. The lowest BCUT2D eigenvalue weighted by Gasteiger charge is -2.33. The van der Waals surface area contributed by atoms with E-state index in [1.807, 2.05) is 75.4 Å². The van der Waals surface area contributed by atoms with Gasteiger partial charge < -0.3 is 9.47 Å². The Labute approximate surface area is 193 Å². The second-order valence-electron chi connectivity index (χ2n) is 9.43. The summed E-state index contributed by atoms with van der Waals surface area (Å²) in [5, 5.41) is 0. The maximum absolute atomic E-state index is 8.01. The Kier molecular flexibility index (Phi) is 3.40. The number of benzene rings is 3. The topological polar surface area (TPSA) is 31.4 Å². The summed E-state index contributed by atoms with van der Waals surface area (Å²) in [6, 6.07) is 22.0. The number of fused-ring (bicyclic) bond motifs is 4. The molecule has 0 amide bonds. The van der Waals surface area contributed by atoms with Gasteiger partial charge in [-0.25, -0.2) is 0 Å². The van der Waals surface area contributed by atoms with E-state index in [1.54, 1.807) is 0 Å². The highest BCUT2D eigenvalue weighted by atomic mass is 16.5. The van der Waals surface area contributed by atoms with E-state index in [2.05, 4.69) is 17.1 Å². The molecule has 0 spiro atoms. The SMILES string of the molecule is [2H]C([2H])([2H])c1cnc(-c2cccc3c2Oc2cccc4c2B3c2ccccc2O4)cc1C(C)(C)C. The van der Waals surface area contributed by atoms with Gasteiger partial charge in [-0.05, 0) is 64.7 Å². The molecule has 4 aromatic rings. The summed E-state index contributed by atoms with van der Waals surface area (Å²) in [4.78, 5) is 4.62. The van der Waals surface area contributed by atoms with E-state index in [0.29, 0.717) is 5.69 Å². The molecule has 0 bridgehead atoms. The molecule has 156 valence electrons. The first kappa shape index (κ1) is 16.2. The minimum Gasteiger partial charge on any atom is -0.458 e. The first-order valence-corrected chi connectivity index (χ1v) is 10.8. The van der Waals surface area contributed by atoms with Crippen LogP contribution in [-0.2, 0) is 5.41 Å². The number of aryl methyl sites for hydroxylation is 1. The third-order valence-electron chi connectivity index (χ3n) is 6.32. The van der Waals surface area contributed by atoms with E-state index in [1.165, 1.54) is 6.20 Å². The number of ether oxygens (including phenoxy) is 2. The van der Waals surface area contributed by atoms with Gasteiger partial charge >= 0.3 is 0 Å². The van der Waals surface area contributed by atoms with Gasteiger partial charge in [0.2, 0.25) is 0 Å². The fraction of sp³-hybridized carbons (Fsp3) is 0.179. The second kappa shape index (κ2) is 6.73. The lowest BCUT2D eigenvalue weighted by atomic mass is 9.34. The zero-order valence-corrected chi connectivity index (χ0v) is 18.3.